The monoisotopic (exact) mass is 748 g/mol. The van der Waals surface area contributed by atoms with Crippen LogP contribution in [0.25, 0.3) is 0 Å². The first kappa shape index (κ1) is 46.7. The van der Waals surface area contributed by atoms with Crippen LogP contribution in [-0.4, -0.2) is 106 Å². The number of amides is 5. The second-order valence-corrected chi connectivity index (χ2v) is 13.4. The molecule has 0 radical (unpaired) electrons. The molecule has 4 aromatic carbocycles. The van der Waals surface area contributed by atoms with E-state index < -0.39 is 0 Å². The molecule has 55 heavy (non-hydrogen) atoms. The number of hydrogen-bond acceptors (Lipinski definition) is 6. The lowest BCUT2D eigenvalue weighted by Gasteiger charge is -2.16. The number of unbranched alkanes of at least 4 members (excludes halogenated alkanes) is 1. The summed E-state index contributed by atoms with van der Waals surface area (Å²) in [5, 5.41) is 11.5. The number of rotatable bonds is 9. The third-order valence-corrected chi connectivity index (χ3v) is 7.76. The van der Waals surface area contributed by atoms with Crippen molar-refractivity contribution in [2.75, 3.05) is 61.7 Å². The van der Waals surface area contributed by atoms with E-state index in [-0.39, 0.29) is 29.5 Å². The van der Waals surface area contributed by atoms with E-state index in [1.54, 1.807) is 127 Å². The number of carbonyl (C=O) groups excluding carboxylic acids is 5. The maximum absolute atomic E-state index is 11.9. The van der Waals surface area contributed by atoms with Crippen molar-refractivity contribution in [1.82, 2.24) is 19.6 Å². The Kier molecular flexibility index (Phi) is 21.1. The van der Waals surface area contributed by atoms with Crippen molar-refractivity contribution in [2.24, 2.45) is 0 Å². The zero-order valence-electron chi connectivity index (χ0n) is 33.9. The fourth-order valence-corrected chi connectivity index (χ4v) is 4.41. The van der Waals surface area contributed by atoms with Gasteiger partial charge in [-0.1, -0.05) is 65.7 Å². The predicted molar refractivity (Wildman–Crippen MR) is 220 cm³/mol. The molecule has 0 saturated heterocycles. The van der Waals surface area contributed by atoms with Gasteiger partial charge in [-0.15, -0.1) is 0 Å². The molecule has 0 unspecified atom stereocenters. The van der Waals surface area contributed by atoms with E-state index in [0.29, 0.717) is 40.8 Å². The Morgan fingerprint density at radius 2 is 0.927 bits per heavy atom. The summed E-state index contributed by atoms with van der Waals surface area (Å²) in [5.74, 6) is -0.221. The average Bonchev–Trinajstić information content (AvgIpc) is 3.17. The molecule has 0 heterocycles. The van der Waals surface area contributed by atoms with E-state index in [2.05, 4.69) is 24.4 Å². The highest BCUT2D eigenvalue weighted by Crippen LogP contribution is 2.13. The van der Waals surface area contributed by atoms with Crippen molar-refractivity contribution in [3.05, 3.63) is 137 Å². The predicted octanol–water partition coefficient (Wildman–Crippen LogP) is 6.93. The van der Waals surface area contributed by atoms with Crippen LogP contribution in [0, 0.1) is 25.2 Å². The van der Waals surface area contributed by atoms with Crippen LogP contribution in [0.5, 0.6) is 0 Å². The summed E-state index contributed by atoms with van der Waals surface area (Å²) in [7, 11) is 13.6. The Morgan fingerprint density at radius 3 is 1.27 bits per heavy atom. The maximum atomic E-state index is 11.9. The lowest BCUT2D eigenvalue weighted by Crippen LogP contribution is -2.28. The van der Waals surface area contributed by atoms with Gasteiger partial charge in [-0.3, -0.25) is 24.0 Å². The van der Waals surface area contributed by atoms with Crippen molar-refractivity contribution < 1.29 is 24.0 Å². The second kappa shape index (κ2) is 24.9. The number of anilines is 1. The minimum Gasteiger partial charge on any atom is -0.349 e. The van der Waals surface area contributed by atoms with Crippen molar-refractivity contribution in [1.29, 1.82) is 5.26 Å². The minimum absolute atomic E-state index is 0.127. The molecule has 0 aliphatic rings. The molecule has 0 saturated carbocycles. The highest BCUT2D eigenvalue weighted by molar-refractivity contribution is 6.07. The van der Waals surface area contributed by atoms with E-state index >= 15 is 0 Å². The number of benzene rings is 4. The Bertz CT molecular complexity index is 1790. The van der Waals surface area contributed by atoms with Crippen LogP contribution in [-0.2, 0) is 9.59 Å². The number of carbonyl (C=O) groups is 5. The lowest BCUT2D eigenvalue weighted by molar-refractivity contribution is -0.130. The smallest absolute Gasteiger partial charge is 0.255 e. The van der Waals surface area contributed by atoms with Crippen LogP contribution in [0.15, 0.2) is 103 Å². The molecule has 11 nitrogen and oxygen atoms in total. The summed E-state index contributed by atoms with van der Waals surface area (Å²) in [4.78, 5) is 64.0. The Balaban J connectivity index is 0.000000381. The second-order valence-electron chi connectivity index (χ2n) is 13.4. The first-order chi connectivity index (χ1) is 26.0. The quantitative estimate of drug-likeness (QED) is 0.185. The summed E-state index contributed by atoms with van der Waals surface area (Å²) in [5.41, 5.74) is 5.18. The number of nitrogens with zero attached hydrogens (tertiary/aromatic N) is 5. The summed E-state index contributed by atoms with van der Waals surface area (Å²) >= 11 is 0. The summed E-state index contributed by atoms with van der Waals surface area (Å²) in [6, 6.07) is 33.3. The van der Waals surface area contributed by atoms with Gasteiger partial charge in [0, 0.05) is 80.5 Å². The van der Waals surface area contributed by atoms with Gasteiger partial charge in [0.25, 0.3) is 17.7 Å². The van der Waals surface area contributed by atoms with E-state index in [9.17, 15) is 24.0 Å². The fraction of sp³-hybridized carbons (Fsp3) is 0.318. The van der Waals surface area contributed by atoms with Crippen LogP contribution in [0.3, 0.4) is 0 Å². The van der Waals surface area contributed by atoms with Crippen LogP contribution in [0.4, 0.5) is 5.69 Å². The van der Waals surface area contributed by atoms with Gasteiger partial charge in [-0.05, 0) is 75.2 Å². The molecule has 0 aliphatic carbocycles. The number of aryl methyl sites for hydroxylation is 2. The molecule has 1 N–H and O–H groups in total. The fourth-order valence-electron chi connectivity index (χ4n) is 4.41. The highest BCUT2D eigenvalue weighted by Gasteiger charge is 2.18. The van der Waals surface area contributed by atoms with Crippen LogP contribution in [0.1, 0.15) is 73.4 Å². The zero-order valence-corrected chi connectivity index (χ0v) is 33.9. The molecule has 0 aliphatic heterocycles. The molecule has 0 bridgehead atoms. The van der Waals surface area contributed by atoms with Gasteiger partial charge >= 0.3 is 0 Å². The van der Waals surface area contributed by atoms with Gasteiger partial charge in [0.05, 0.1) is 22.8 Å². The first-order valence-corrected chi connectivity index (χ1v) is 17.8. The molecule has 292 valence electrons. The van der Waals surface area contributed by atoms with E-state index in [4.69, 9.17) is 5.26 Å². The summed E-state index contributed by atoms with van der Waals surface area (Å²) in [6.07, 6.45) is 2.65. The molecule has 5 amide bonds. The van der Waals surface area contributed by atoms with Gasteiger partial charge in [-0.25, -0.2) is 0 Å². The van der Waals surface area contributed by atoms with E-state index in [0.717, 1.165) is 18.4 Å². The van der Waals surface area contributed by atoms with Crippen molar-refractivity contribution in [3.63, 3.8) is 0 Å². The molecule has 0 atom stereocenters. The average molecular weight is 749 g/mol. The summed E-state index contributed by atoms with van der Waals surface area (Å²) in [6.45, 7) is 4.06. The third kappa shape index (κ3) is 18.4. The minimum atomic E-state index is -0.161. The molecule has 11 heteroatoms. The molecular weight excluding hydrogens is 693 g/mol. The SMILES string of the molecule is CN(C)C(=O)CCCCC(=O)N(C)C.CN(C)C(=O)c1ccccc1C(=O)N(C)C.Cc1ccc(C(=O)Nc2ccc(C#N)cc2)cc1.Cc1ccccc1. The molecule has 4 aromatic rings. The molecule has 0 fully saturated rings. The van der Waals surface area contributed by atoms with E-state index in [1.165, 1.54) is 15.4 Å². The molecule has 0 aromatic heterocycles. The standard InChI is InChI=1S/C15H12N2O.C12H16N2O2.C10H20N2O2.C7H8/c1-11-2-6-13(7-3-11)15(18)17-14-8-4-12(10-16)5-9-14;1-13(2)11(15)9-7-5-6-8-10(9)12(16)14(3)4;1-11(2)9(13)7-5-6-8-10(14)12(3)4;1-7-5-3-2-4-6-7/h2-9H,1H3,(H,17,18);5-8H,1-4H3;5-8H2,1-4H3;2-6H,1H3. The first-order valence-electron chi connectivity index (χ1n) is 17.8. The van der Waals surface area contributed by atoms with Gasteiger partial charge in [0.15, 0.2) is 0 Å². The third-order valence-electron chi connectivity index (χ3n) is 7.76. The van der Waals surface area contributed by atoms with Gasteiger partial charge in [0.1, 0.15) is 0 Å². The van der Waals surface area contributed by atoms with Gasteiger partial charge < -0.3 is 24.9 Å². The van der Waals surface area contributed by atoms with E-state index in [1.807, 2.05) is 43.3 Å². The maximum Gasteiger partial charge on any atom is 0.255 e. The normalized spacial score (nSPS) is 9.55. The van der Waals surface area contributed by atoms with Crippen molar-refractivity contribution in [2.45, 2.75) is 39.5 Å². The van der Waals surface area contributed by atoms with Crippen LogP contribution in [0.2, 0.25) is 0 Å². The summed E-state index contributed by atoms with van der Waals surface area (Å²) < 4.78 is 0. The Hall–Kier alpha value is -6.28. The van der Waals surface area contributed by atoms with Gasteiger partial charge in [-0.2, -0.15) is 5.26 Å². The topological polar surface area (TPSA) is 134 Å². The number of nitriles is 1. The van der Waals surface area contributed by atoms with Crippen LogP contribution >= 0.6 is 0 Å². The highest BCUT2D eigenvalue weighted by atomic mass is 16.2. The number of hydrogen-bond donors (Lipinski definition) is 1. The molecular formula is C44H56N6O5. The van der Waals surface area contributed by atoms with Gasteiger partial charge in [0.2, 0.25) is 11.8 Å². The zero-order chi connectivity index (χ0) is 41.5. The Labute approximate surface area is 327 Å². The van der Waals surface area contributed by atoms with Crippen molar-refractivity contribution in [3.8, 4) is 6.07 Å². The Morgan fingerprint density at radius 1 is 0.527 bits per heavy atom. The largest absolute Gasteiger partial charge is 0.349 e. The molecule has 0 spiro atoms. The van der Waals surface area contributed by atoms with Crippen molar-refractivity contribution >= 4 is 35.2 Å². The lowest BCUT2D eigenvalue weighted by atomic mass is 10.1. The molecule has 4 rings (SSSR count). The van der Waals surface area contributed by atoms with Crippen LogP contribution < -0.4 is 5.32 Å². The number of nitrogens with one attached hydrogen (secondary N) is 1.